The van der Waals surface area contributed by atoms with Crippen LogP contribution in [0.4, 0.5) is 0 Å². The summed E-state index contributed by atoms with van der Waals surface area (Å²) in [6.07, 6.45) is 0. The first-order valence-electron chi connectivity index (χ1n) is 6.30. The Hall–Kier alpha value is -2.27. The molecule has 3 rings (SSSR count). The predicted octanol–water partition coefficient (Wildman–Crippen LogP) is 3.63. The van der Waals surface area contributed by atoms with E-state index in [9.17, 15) is 4.79 Å². The number of hydrogen-bond donors (Lipinski definition) is 0. The first-order valence-corrected chi connectivity index (χ1v) is 7.09. The van der Waals surface area contributed by atoms with Gasteiger partial charge < -0.3 is 4.74 Å². The fraction of sp³-hybridized carbons (Fsp3) is 0.0625. The first-order chi connectivity index (χ1) is 10.2. The molecule has 0 aliphatic carbocycles. The molecule has 0 aliphatic rings. The van der Waals surface area contributed by atoms with E-state index in [4.69, 9.17) is 4.74 Å². The highest BCUT2D eigenvalue weighted by Gasteiger charge is 2.18. The second-order valence-corrected chi connectivity index (χ2v) is 5.32. The molecule has 3 aromatic rings. The maximum atomic E-state index is 12.6. The molecule has 0 amide bonds. The number of halogens is 1. The molecular formula is C16H11BrN2O2. The number of fused-ring (bicyclic) bond motifs is 1. The summed E-state index contributed by atoms with van der Waals surface area (Å²) in [5.41, 5.74) is 2.13. The van der Waals surface area contributed by atoms with Crippen molar-refractivity contribution in [1.29, 1.82) is 0 Å². The van der Waals surface area contributed by atoms with Gasteiger partial charge in [-0.1, -0.05) is 28.1 Å². The summed E-state index contributed by atoms with van der Waals surface area (Å²) in [4.78, 5) is 21.3. The van der Waals surface area contributed by atoms with E-state index in [0.29, 0.717) is 16.6 Å². The monoisotopic (exact) mass is 342 g/mol. The van der Waals surface area contributed by atoms with E-state index in [2.05, 4.69) is 25.9 Å². The second kappa shape index (κ2) is 5.61. The van der Waals surface area contributed by atoms with E-state index in [1.165, 1.54) is 7.11 Å². The molecule has 1 heterocycles. The van der Waals surface area contributed by atoms with Crippen molar-refractivity contribution in [3.63, 3.8) is 0 Å². The molecule has 0 spiro atoms. The summed E-state index contributed by atoms with van der Waals surface area (Å²) >= 11 is 3.35. The third-order valence-electron chi connectivity index (χ3n) is 3.05. The molecule has 0 unspecified atom stereocenters. The molecular weight excluding hydrogens is 332 g/mol. The van der Waals surface area contributed by atoms with Gasteiger partial charge in [-0.15, -0.1) is 0 Å². The van der Waals surface area contributed by atoms with Gasteiger partial charge in [0.15, 0.2) is 5.69 Å². The average molecular weight is 343 g/mol. The number of para-hydroxylation sites is 2. The van der Waals surface area contributed by atoms with Gasteiger partial charge >= 0.3 is 0 Å². The summed E-state index contributed by atoms with van der Waals surface area (Å²) in [6.45, 7) is 0. The molecule has 0 atom stereocenters. The third-order valence-corrected chi connectivity index (χ3v) is 3.58. The third kappa shape index (κ3) is 2.64. The highest BCUT2D eigenvalue weighted by Crippen LogP contribution is 2.22. The largest absolute Gasteiger partial charge is 0.479 e. The summed E-state index contributed by atoms with van der Waals surface area (Å²) in [7, 11) is 1.48. The van der Waals surface area contributed by atoms with Crippen molar-refractivity contribution >= 4 is 32.7 Å². The highest BCUT2D eigenvalue weighted by molar-refractivity contribution is 9.10. The van der Waals surface area contributed by atoms with Crippen LogP contribution in [0, 0.1) is 0 Å². The molecule has 0 saturated heterocycles. The lowest BCUT2D eigenvalue weighted by molar-refractivity contribution is 0.103. The zero-order valence-corrected chi connectivity index (χ0v) is 12.8. The summed E-state index contributed by atoms with van der Waals surface area (Å²) in [5, 5.41) is 0. The van der Waals surface area contributed by atoms with E-state index in [0.717, 1.165) is 4.47 Å². The average Bonchev–Trinajstić information content (AvgIpc) is 2.53. The predicted molar refractivity (Wildman–Crippen MR) is 83.7 cm³/mol. The van der Waals surface area contributed by atoms with Crippen molar-refractivity contribution in [2.75, 3.05) is 7.11 Å². The van der Waals surface area contributed by atoms with Crippen LogP contribution in [0.15, 0.2) is 53.0 Å². The van der Waals surface area contributed by atoms with Crippen LogP contribution in [-0.4, -0.2) is 22.9 Å². The molecule has 0 saturated carbocycles. The summed E-state index contributed by atoms with van der Waals surface area (Å²) < 4.78 is 6.13. The van der Waals surface area contributed by atoms with Crippen LogP contribution in [0.2, 0.25) is 0 Å². The van der Waals surface area contributed by atoms with Crippen LogP contribution >= 0.6 is 15.9 Å². The molecule has 2 aromatic carbocycles. The minimum atomic E-state index is -0.211. The van der Waals surface area contributed by atoms with Gasteiger partial charge in [-0.3, -0.25) is 4.79 Å². The van der Waals surface area contributed by atoms with Crippen molar-refractivity contribution in [2.45, 2.75) is 0 Å². The summed E-state index contributed by atoms with van der Waals surface area (Å²) in [5.74, 6) is 0.0271. The lowest BCUT2D eigenvalue weighted by atomic mass is 10.1. The standard InChI is InChI=1S/C16H11BrN2O2/c1-21-16-14(15(20)10-6-8-11(17)9-7-10)18-12-4-2-3-5-13(12)19-16/h2-9H,1H3. The van der Waals surface area contributed by atoms with Crippen LogP contribution in [0.1, 0.15) is 16.1 Å². The number of rotatable bonds is 3. The van der Waals surface area contributed by atoms with Crippen LogP contribution in [0.5, 0.6) is 5.88 Å². The minimum absolute atomic E-state index is 0.211. The fourth-order valence-corrected chi connectivity index (χ4v) is 2.28. The smallest absolute Gasteiger partial charge is 0.244 e. The highest BCUT2D eigenvalue weighted by atomic mass is 79.9. The van der Waals surface area contributed by atoms with Crippen molar-refractivity contribution in [3.8, 4) is 5.88 Å². The van der Waals surface area contributed by atoms with Crippen molar-refractivity contribution < 1.29 is 9.53 Å². The maximum absolute atomic E-state index is 12.6. The molecule has 0 radical (unpaired) electrons. The number of ketones is 1. The van der Waals surface area contributed by atoms with Crippen molar-refractivity contribution in [3.05, 3.63) is 64.3 Å². The van der Waals surface area contributed by atoms with Crippen LogP contribution in [0.25, 0.3) is 11.0 Å². The maximum Gasteiger partial charge on any atom is 0.244 e. The Balaban J connectivity index is 2.14. The first kappa shape index (κ1) is 13.7. The lowest BCUT2D eigenvalue weighted by Gasteiger charge is -2.07. The number of nitrogens with zero attached hydrogens (tertiary/aromatic N) is 2. The number of hydrogen-bond acceptors (Lipinski definition) is 4. The number of ether oxygens (including phenoxy) is 1. The number of methoxy groups -OCH3 is 1. The lowest BCUT2D eigenvalue weighted by Crippen LogP contribution is -2.08. The Bertz CT molecular complexity index is 816. The quantitative estimate of drug-likeness (QED) is 0.682. The molecule has 0 aliphatic heterocycles. The molecule has 104 valence electrons. The SMILES string of the molecule is COc1nc2ccccc2nc1C(=O)c1ccc(Br)cc1. The molecule has 21 heavy (non-hydrogen) atoms. The van der Waals surface area contributed by atoms with Gasteiger partial charge in [-0.2, -0.15) is 0 Å². The zero-order valence-electron chi connectivity index (χ0n) is 11.2. The number of carbonyl (C=O) groups is 1. The summed E-state index contributed by atoms with van der Waals surface area (Å²) in [6, 6.07) is 14.5. The Morgan fingerprint density at radius 2 is 1.62 bits per heavy atom. The van der Waals surface area contributed by atoms with Gasteiger partial charge in [0.05, 0.1) is 18.1 Å². The zero-order chi connectivity index (χ0) is 14.8. The molecule has 1 aromatic heterocycles. The van der Waals surface area contributed by atoms with Gasteiger partial charge in [0, 0.05) is 10.0 Å². The Labute approximate surface area is 129 Å². The van der Waals surface area contributed by atoms with E-state index in [-0.39, 0.29) is 17.4 Å². The van der Waals surface area contributed by atoms with Gasteiger partial charge in [0.2, 0.25) is 11.7 Å². The fourth-order valence-electron chi connectivity index (χ4n) is 2.01. The Morgan fingerprint density at radius 3 is 2.24 bits per heavy atom. The van der Waals surface area contributed by atoms with Gasteiger partial charge in [-0.25, -0.2) is 9.97 Å². The Morgan fingerprint density at radius 1 is 1.00 bits per heavy atom. The van der Waals surface area contributed by atoms with Gasteiger partial charge in [0.25, 0.3) is 0 Å². The molecule has 0 bridgehead atoms. The molecule has 4 nitrogen and oxygen atoms in total. The topological polar surface area (TPSA) is 52.1 Å². The molecule has 5 heteroatoms. The van der Waals surface area contributed by atoms with E-state index < -0.39 is 0 Å². The number of benzene rings is 2. The van der Waals surface area contributed by atoms with Gasteiger partial charge in [0.1, 0.15) is 0 Å². The van der Waals surface area contributed by atoms with E-state index >= 15 is 0 Å². The molecule has 0 N–H and O–H groups in total. The van der Waals surface area contributed by atoms with Crippen LogP contribution in [0.3, 0.4) is 0 Å². The van der Waals surface area contributed by atoms with E-state index in [1.54, 1.807) is 12.1 Å². The van der Waals surface area contributed by atoms with Crippen LogP contribution < -0.4 is 4.74 Å². The Kier molecular flexibility index (Phi) is 3.66. The number of aromatic nitrogens is 2. The van der Waals surface area contributed by atoms with Gasteiger partial charge in [-0.05, 0) is 36.4 Å². The van der Waals surface area contributed by atoms with Crippen LogP contribution in [-0.2, 0) is 0 Å². The normalized spacial score (nSPS) is 10.6. The van der Waals surface area contributed by atoms with E-state index in [1.807, 2.05) is 36.4 Å². The van der Waals surface area contributed by atoms with Crippen molar-refractivity contribution in [1.82, 2.24) is 9.97 Å². The molecule has 0 fully saturated rings. The minimum Gasteiger partial charge on any atom is -0.479 e. The number of carbonyl (C=O) groups excluding carboxylic acids is 1. The second-order valence-electron chi connectivity index (χ2n) is 4.41. The van der Waals surface area contributed by atoms with Crippen molar-refractivity contribution in [2.24, 2.45) is 0 Å².